The number of carboxylic acids is 1. The van der Waals surface area contributed by atoms with E-state index in [0.29, 0.717) is 24.0 Å². The van der Waals surface area contributed by atoms with Crippen molar-refractivity contribution in [3.63, 3.8) is 0 Å². The number of carbonyl (C=O) groups is 2. The lowest BCUT2D eigenvalue weighted by Gasteiger charge is -2.32. The van der Waals surface area contributed by atoms with E-state index in [0.717, 1.165) is 12.8 Å². The molecule has 7 heteroatoms. The van der Waals surface area contributed by atoms with Gasteiger partial charge in [-0.1, -0.05) is 0 Å². The van der Waals surface area contributed by atoms with E-state index in [1.807, 2.05) is 0 Å². The Bertz CT molecular complexity index is 666. The highest BCUT2D eigenvalue weighted by Crippen LogP contribution is 2.21. The quantitative estimate of drug-likeness (QED) is 0.875. The highest BCUT2D eigenvalue weighted by molar-refractivity contribution is 6.02. The van der Waals surface area contributed by atoms with Crippen LogP contribution >= 0.6 is 0 Å². The van der Waals surface area contributed by atoms with E-state index < -0.39 is 12.0 Å². The number of rotatable bonds is 2. The highest BCUT2D eigenvalue weighted by atomic mass is 16.4. The minimum atomic E-state index is -0.951. The lowest BCUT2D eigenvalue weighted by atomic mass is 10.0. The molecule has 1 N–H and O–H groups in total. The van der Waals surface area contributed by atoms with Crippen LogP contribution in [0.2, 0.25) is 0 Å². The van der Waals surface area contributed by atoms with E-state index in [2.05, 4.69) is 10.2 Å². The third-order valence-electron chi connectivity index (χ3n) is 3.58. The van der Waals surface area contributed by atoms with Crippen LogP contribution in [0.25, 0.3) is 5.52 Å². The Balaban J connectivity index is 1.96. The van der Waals surface area contributed by atoms with Gasteiger partial charge < -0.3 is 10.0 Å². The molecule has 1 unspecified atom stereocenters. The Morgan fingerprint density at radius 1 is 1.30 bits per heavy atom. The fourth-order valence-corrected chi connectivity index (χ4v) is 2.58. The average molecular weight is 274 g/mol. The number of piperidine rings is 1. The van der Waals surface area contributed by atoms with Crippen molar-refractivity contribution in [3.8, 4) is 0 Å². The maximum Gasteiger partial charge on any atom is 0.326 e. The fourth-order valence-electron chi connectivity index (χ4n) is 2.58. The van der Waals surface area contributed by atoms with Gasteiger partial charge in [-0.3, -0.25) is 4.79 Å². The van der Waals surface area contributed by atoms with Gasteiger partial charge in [0.15, 0.2) is 0 Å². The molecule has 1 saturated heterocycles. The minimum Gasteiger partial charge on any atom is -0.480 e. The van der Waals surface area contributed by atoms with Crippen LogP contribution < -0.4 is 0 Å². The van der Waals surface area contributed by atoms with Crippen molar-refractivity contribution in [1.82, 2.24) is 19.7 Å². The predicted molar refractivity (Wildman–Crippen MR) is 69.3 cm³/mol. The Labute approximate surface area is 114 Å². The number of hydrogen-bond donors (Lipinski definition) is 1. The zero-order valence-electron chi connectivity index (χ0n) is 10.8. The number of carboxylic acid groups (broad SMARTS) is 1. The standard InChI is InChI=1S/C13H14N4O3/c18-12(16-7-2-1-4-11(16)13(19)20)9-8-15-17-10(9)5-3-6-14-17/h3,5-6,8,11H,1-2,4,7H2,(H,19,20). The van der Waals surface area contributed by atoms with Gasteiger partial charge >= 0.3 is 5.97 Å². The van der Waals surface area contributed by atoms with E-state index in [-0.39, 0.29) is 5.91 Å². The summed E-state index contributed by atoms with van der Waals surface area (Å²) >= 11 is 0. The number of aromatic nitrogens is 3. The van der Waals surface area contributed by atoms with Crippen LogP contribution in [0.15, 0.2) is 24.5 Å². The fraction of sp³-hybridized carbons (Fsp3) is 0.385. The maximum absolute atomic E-state index is 12.6. The SMILES string of the molecule is O=C(O)C1CCCCN1C(=O)c1cnn2ncccc12. The van der Waals surface area contributed by atoms with Crippen molar-refractivity contribution in [2.24, 2.45) is 0 Å². The van der Waals surface area contributed by atoms with Crippen LogP contribution in [-0.4, -0.2) is 49.3 Å². The van der Waals surface area contributed by atoms with Gasteiger partial charge in [-0.25, -0.2) is 4.79 Å². The number of nitrogens with zero attached hydrogens (tertiary/aromatic N) is 4. The Kier molecular flexibility index (Phi) is 3.09. The summed E-state index contributed by atoms with van der Waals surface area (Å²) in [6.07, 6.45) is 5.18. The van der Waals surface area contributed by atoms with Crippen molar-refractivity contribution in [1.29, 1.82) is 0 Å². The summed E-state index contributed by atoms with van der Waals surface area (Å²) in [5.74, 6) is -1.24. The van der Waals surface area contributed by atoms with E-state index in [9.17, 15) is 14.7 Å². The van der Waals surface area contributed by atoms with Gasteiger partial charge in [0.2, 0.25) is 0 Å². The molecule has 20 heavy (non-hydrogen) atoms. The summed E-state index contributed by atoms with van der Waals surface area (Å²) in [6.45, 7) is 0.466. The normalized spacial score (nSPS) is 19.2. The summed E-state index contributed by atoms with van der Waals surface area (Å²) in [6, 6.07) is 2.72. The molecule has 0 radical (unpaired) electrons. The number of aliphatic carboxylic acids is 1. The van der Waals surface area contributed by atoms with E-state index >= 15 is 0 Å². The van der Waals surface area contributed by atoms with Crippen LogP contribution in [-0.2, 0) is 4.79 Å². The van der Waals surface area contributed by atoms with Gasteiger partial charge in [0.05, 0.1) is 11.8 Å². The zero-order valence-corrected chi connectivity index (χ0v) is 10.8. The number of carbonyl (C=O) groups excluding carboxylic acids is 1. The summed E-state index contributed by atoms with van der Waals surface area (Å²) in [5, 5.41) is 17.3. The molecule has 0 bridgehead atoms. The van der Waals surface area contributed by atoms with E-state index in [1.54, 1.807) is 18.3 Å². The van der Waals surface area contributed by atoms with Crippen molar-refractivity contribution >= 4 is 17.4 Å². The molecular formula is C13H14N4O3. The summed E-state index contributed by atoms with van der Waals surface area (Å²) < 4.78 is 1.37. The lowest BCUT2D eigenvalue weighted by Crippen LogP contribution is -2.47. The third kappa shape index (κ3) is 2.01. The second kappa shape index (κ2) is 4.92. The molecular weight excluding hydrogens is 260 g/mol. The molecule has 104 valence electrons. The van der Waals surface area contributed by atoms with Gasteiger partial charge in [-0.2, -0.15) is 14.8 Å². The monoisotopic (exact) mass is 274 g/mol. The molecule has 3 rings (SSSR count). The third-order valence-corrected chi connectivity index (χ3v) is 3.58. The van der Waals surface area contributed by atoms with Gasteiger partial charge in [-0.15, -0.1) is 0 Å². The molecule has 1 aliphatic heterocycles. The van der Waals surface area contributed by atoms with Crippen molar-refractivity contribution in [2.45, 2.75) is 25.3 Å². The van der Waals surface area contributed by atoms with Crippen LogP contribution in [0.5, 0.6) is 0 Å². The van der Waals surface area contributed by atoms with Gasteiger partial charge in [0.25, 0.3) is 5.91 Å². The zero-order chi connectivity index (χ0) is 14.1. The van der Waals surface area contributed by atoms with Gasteiger partial charge in [0, 0.05) is 12.7 Å². The first-order valence-corrected chi connectivity index (χ1v) is 6.51. The Hall–Kier alpha value is -2.44. The Morgan fingerprint density at radius 3 is 2.95 bits per heavy atom. The maximum atomic E-state index is 12.6. The molecule has 3 heterocycles. The van der Waals surface area contributed by atoms with Crippen LogP contribution in [0, 0.1) is 0 Å². The molecule has 1 atom stereocenters. The first-order valence-electron chi connectivity index (χ1n) is 6.51. The van der Waals surface area contributed by atoms with Crippen molar-refractivity contribution in [2.75, 3.05) is 6.54 Å². The van der Waals surface area contributed by atoms with Crippen LogP contribution in [0.4, 0.5) is 0 Å². The first kappa shape index (κ1) is 12.6. The lowest BCUT2D eigenvalue weighted by molar-refractivity contribution is -0.143. The second-order valence-corrected chi connectivity index (χ2v) is 4.80. The number of amides is 1. The number of hydrogen-bond acceptors (Lipinski definition) is 4. The topological polar surface area (TPSA) is 87.8 Å². The Morgan fingerprint density at radius 2 is 2.15 bits per heavy atom. The first-order chi connectivity index (χ1) is 9.68. The summed E-state index contributed by atoms with van der Waals surface area (Å²) in [4.78, 5) is 25.3. The molecule has 1 aliphatic rings. The molecule has 0 saturated carbocycles. The predicted octanol–water partition coefficient (Wildman–Crippen LogP) is 0.809. The van der Waals surface area contributed by atoms with E-state index in [1.165, 1.54) is 15.7 Å². The average Bonchev–Trinajstić information content (AvgIpc) is 2.90. The van der Waals surface area contributed by atoms with Crippen LogP contribution in [0.3, 0.4) is 0 Å². The second-order valence-electron chi connectivity index (χ2n) is 4.80. The minimum absolute atomic E-state index is 0.292. The molecule has 1 amide bonds. The van der Waals surface area contributed by atoms with Crippen molar-refractivity contribution in [3.05, 3.63) is 30.1 Å². The number of fused-ring (bicyclic) bond motifs is 1. The van der Waals surface area contributed by atoms with Gasteiger partial charge in [-0.05, 0) is 31.4 Å². The largest absolute Gasteiger partial charge is 0.480 e. The van der Waals surface area contributed by atoms with Crippen LogP contribution in [0.1, 0.15) is 29.6 Å². The summed E-state index contributed by atoms with van der Waals surface area (Å²) in [7, 11) is 0. The van der Waals surface area contributed by atoms with Crippen molar-refractivity contribution < 1.29 is 14.7 Å². The summed E-state index contributed by atoms with van der Waals surface area (Å²) in [5.41, 5.74) is 0.985. The molecule has 0 aromatic carbocycles. The molecule has 2 aromatic heterocycles. The molecule has 1 fully saturated rings. The molecule has 2 aromatic rings. The number of likely N-dealkylation sites (tertiary alicyclic amines) is 1. The molecule has 0 aliphatic carbocycles. The smallest absolute Gasteiger partial charge is 0.326 e. The van der Waals surface area contributed by atoms with E-state index in [4.69, 9.17) is 0 Å². The van der Waals surface area contributed by atoms with Gasteiger partial charge in [0.1, 0.15) is 11.6 Å². The highest BCUT2D eigenvalue weighted by Gasteiger charge is 2.33. The molecule has 0 spiro atoms. The molecule has 7 nitrogen and oxygen atoms in total.